The van der Waals surface area contributed by atoms with Crippen molar-refractivity contribution in [2.24, 2.45) is 0 Å². The third-order valence-electron chi connectivity index (χ3n) is 4.18. The zero-order valence-electron chi connectivity index (χ0n) is 17.2. The van der Waals surface area contributed by atoms with Crippen LogP contribution >= 0.6 is 11.9 Å². The second kappa shape index (κ2) is 14.0. The highest BCUT2D eigenvalue weighted by Crippen LogP contribution is 2.27. The van der Waals surface area contributed by atoms with E-state index in [0.29, 0.717) is 6.54 Å². The lowest BCUT2D eigenvalue weighted by atomic mass is 10.1. The number of aryl methyl sites for hydroxylation is 1. The Kier molecular flexibility index (Phi) is 12.0. The van der Waals surface area contributed by atoms with Gasteiger partial charge in [0.2, 0.25) is 11.8 Å². The minimum Gasteiger partial charge on any atom is -0.353 e. The smallest absolute Gasteiger partial charge is 0.244 e. The number of rotatable bonds is 13. The van der Waals surface area contributed by atoms with Crippen LogP contribution in [0.1, 0.15) is 64.4 Å². The Morgan fingerprint density at radius 3 is 2.43 bits per heavy atom. The van der Waals surface area contributed by atoms with Crippen molar-refractivity contribution in [2.45, 2.75) is 65.7 Å². The van der Waals surface area contributed by atoms with Crippen molar-refractivity contribution in [1.29, 1.82) is 0 Å². The molecule has 154 valence electrons. The van der Waals surface area contributed by atoms with Crippen LogP contribution in [0.2, 0.25) is 0 Å². The van der Waals surface area contributed by atoms with Gasteiger partial charge in [0.15, 0.2) is 0 Å². The van der Waals surface area contributed by atoms with Crippen LogP contribution in [0.5, 0.6) is 0 Å². The molecule has 0 spiro atoms. The Morgan fingerprint density at radius 1 is 1.07 bits per heavy atom. The van der Waals surface area contributed by atoms with E-state index >= 15 is 0 Å². The average Bonchev–Trinajstić information content (AvgIpc) is 2.64. The molecule has 0 saturated heterocycles. The molecular weight excluding hydrogens is 372 g/mol. The first kappa shape index (κ1) is 24.0. The fraction of sp³-hybridized carbons (Fsp3) is 0.500. The Hall–Kier alpha value is -2.08. The SMILES string of the molecule is CCCCCCCCNC(=O)C=CSN(C(=O)CC(C)=O)c1ccccc1C. The first-order chi connectivity index (χ1) is 13.5. The van der Waals surface area contributed by atoms with Gasteiger partial charge in [0.25, 0.3) is 0 Å². The van der Waals surface area contributed by atoms with Gasteiger partial charge in [-0.05, 0) is 49.3 Å². The third kappa shape index (κ3) is 9.74. The monoisotopic (exact) mass is 404 g/mol. The predicted molar refractivity (Wildman–Crippen MR) is 117 cm³/mol. The first-order valence-electron chi connectivity index (χ1n) is 9.94. The summed E-state index contributed by atoms with van der Waals surface area (Å²) in [7, 11) is 0. The second-order valence-electron chi connectivity index (χ2n) is 6.82. The van der Waals surface area contributed by atoms with Crippen LogP contribution in [0.25, 0.3) is 0 Å². The Labute approximate surface area is 173 Å². The zero-order chi connectivity index (χ0) is 20.8. The van der Waals surface area contributed by atoms with Crippen molar-refractivity contribution < 1.29 is 14.4 Å². The molecular formula is C22H32N2O3S. The predicted octanol–water partition coefficient (Wildman–Crippen LogP) is 4.95. The topological polar surface area (TPSA) is 66.5 Å². The molecule has 0 bridgehead atoms. The van der Waals surface area contributed by atoms with Crippen LogP contribution < -0.4 is 9.62 Å². The van der Waals surface area contributed by atoms with Crippen molar-refractivity contribution in [1.82, 2.24) is 5.32 Å². The second-order valence-corrected chi connectivity index (χ2v) is 7.67. The normalized spacial score (nSPS) is 10.8. The first-order valence-corrected chi connectivity index (χ1v) is 10.8. The van der Waals surface area contributed by atoms with Crippen molar-refractivity contribution in [3.63, 3.8) is 0 Å². The van der Waals surface area contributed by atoms with Gasteiger partial charge in [-0.25, -0.2) is 4.31 Å². The van der Waals surface area contributed by atoms with Crippen LogP contribution in [-0.2, 0) is 14.4 Å². The molecule has 0 radical (unpaired) electrons. The molecule has 2 amide bonds. The number of para-hydroxylation sites is 1. The highest BCUT2D eigenvalue weighted by Gasteiger charge is 2.18. The Balaban J connectivity index is 2.53. The third-order valence-corrected chi connectivity index (χ3v) is 5.05. The summed E-state index contributed by atoms with van der Waals surface area (Å²) in [6, 6.07) is 7.46. The van der Waals surface area contributed by atoms with Crippen molar-refractivity contribution in [2.75, 3.05) is 10.8 Å². The van der Waals surface area contributed by atoms with E-state index < -0.39 is 0 Å². The molecule has 28 heavy (non-hydrogen) atoms. The Bertz CT molecular complexity index is 674. The van der Waals surface area contributed by atoms with Crippen LogP contribution in [0.15, 0.2) is 35.7 Å². The van der Waals surface area contributed by atoms with Gasteiger partial charge in [0.1, 0.15) is 5.78 Å². The zero-order valence-corrected chi connectivity index (χ0v) is 18.0. The van der Waals surface area contributed by atoms with Crippen LogP contribution in [-0.4, -0.2) is 24.1 Å². The summed E-state index contributed by atoms with van der Waals surface area (Å²) >= 11 is 1.11. The lowest BCUT2D eigenvalue weighted by Gasteiger charge is -2.21. The van der Waals surface area contributed by atoms with Crippen molar-refractivity contribution in [3.05, 3.63) is 41.3 Å². The molecule has 0 atom stereocenters. The lowest BCUT2D eigenvalue weighted by Crippen LogP contribution is -2.26. The van der Waals surface area contributed by atoms with Crippen molar-refractivity contribution >= 4 is 35.2 Å². The summed E-state index contributed by atoms with van der Waals surface area (Å²) in [6.07, 6.45) is 8.32. The maximum Gasteiger partial charge on any atom is 0.244 e. The highest BCUT2D eigenvalue weighted by atomic mass is 32.2. The number of hydrogen-bond donors (Lipinski definition) is 1. The number of unbranched alkanes of at least 4 members (excludes halogenated alkanes) is 5. The van der Waals surface area contributed by atoms with Gasteiger partial charge in [-0.1, -0.05) is 57.2 Å². The quantitative estimate of drug-likeness (QED) is 0.219. The van der Waals surface area contributed by atoms with Gasteiger partial charge in [0, 0.05) is 12.6 Å². The number of ketones is 1. The molecule has 5 nitrogen and oxygen atoms in total. The molecule has 1 rings (SSSR count). The van der Waals surface area contributed by atoms with Gasteiger partial charge in [0.05, 0.1) is 12.1 Å². The number of carbonyl (C=O) groups is 3. The van der Waals surface area contributed by atoms with Gasteiger partial charge in [-0.15, -0.1) is 0 Å². The maximum absolute atomic E-state index is 12.5. The minimum atomic E-state index is -0.302. The molecule has 1 N–H and O–H groups in total. The van der Waals surface area contributed by atoms with E-state index in [-0.39, 0.29) is 24.0 Å². The van der Waals surface area contributed by atoms with Crippen molar-refractivity contribution in [3.8, 4) is 0 Å². The summed E-state index contributed by atoms with van der Waals surface area (Å²) in [5.41, 5.74) is 1.64. The number of amides is 2. The highest BCUT2D eigenvalue weighted by molar-refractivity contribution is 8.04. The average molecular weight is 405 g/mol. The fourth-order valence-corrected chi connectivity index (χ4v) is 3.46. The van der Waals surface area contributed by atoms with E-state index in [1.165, 1.54) is 43.0 Å². The number of hydrogen-bond acceptors (Lipinski definition) is 4. The number of benzene rings is 1. The summed E-state index contributed by atoms with van der Waals surface area (Å²) < 4.78 is 1.47. The molecule has 0 aliphatic carbocycles. The Morgan fingerprint density at radius 2 is 1.75 bits per heavy atom. The number of carbonyl (C=O) groups excluding carboxylic acids is 3. The molecule has 6 heteroatoms. The van der Waals surface area contributed by atoms with Gasteiger partial charge >= 0.3 is 0 Å². The number of anilines is 1. The number of Topliss-reactive ketones (excluding diaryl/α,β-unsaturated/α-hetero) is 1. The maximum atomic E-state index is 12.5. The van der Waals surface area contributed by atoms with Gasteiger partial charge < -0.3 is 5.32 Å². The number of nitrogens with one attached hydrogen (secondary N) is 1. The summed E-state index contributed by atoms with van der Waals surface area (Å²) in [4.78, 5) is 35.7. The van der Waals surface area contributed by atoms with E-state index in [4.69, 9.17) is 0 Å². The standard InChI is InChI=1S/C22H32N2O3S/c1-4-5-6-7-8-11-15-23-21(26)14-16-28-24(22(27)17-19(3)25)20-13-10-9-12-18(20)2/h9-10,12-14,16H,4-8,11,15,17H2,1-3H3,(H,23,26). The molecule has 1 aromatic rings. The van der Waals surface area contributed by atoms with Crippen LogP contribution in [0.4, 0.5) is 5.69 Å². The van der Waals surface area contributed by atoms with E-state index in [2.05, 4.69) is 12.2 Å². The van der Waals surface area contributed by atoms with Crippen LogP contribution in [0.3, 0.4) is 0 Å². The number of nitrogens with zero attached hydrogens (tertiary/aromatic N) is 1. The largest absolute Gasteiger partial charge is 0.353 e. The molecule has 0 aromatic heterocycles. The van der Waals surface area contributed by atoms with E-state index in [1.54, 1.807) is 5.41 Å². The summed E-state index contributed by atoms with van der Waals surface area (Å²) in [6.45, 7) is 6.15. The van der Waals surface area contributed by atoms with Gasteiger partial charge in [-0.2, -0.15) is 0 Å². The van der Waals surface area contributed by atoms with E-state index in [1.807, 2.05) is 31.2 Å². The van der Waals surface area contributed by atoms with E-state index in [9.17, 15) is 14.4 Å². The van der Waals surface area contributed by atoms with Gasteiger partial charge in [-0.3, -0.25) is 14.4 Å². The van der Waals surface area contributed by atoms with Crippen LogP contribution in [0, 0.1) is 6.92 Å². The molecule has 0 fully saturated rings. The molecule has 0 heterocycles. The molecule has 0 aliphatic rings. The molecule has 0 unspecified atom stereocenters. The summed E-state index contributed by atoms with van der Waals surface area (Å²) in [5, 5.41) is 4.45. The molecule has 1 aromatic carbocycles. The van der Waals surface area contributed by atoms with E-state index in [0.717, 1.165) is 36.0 Å². The minimum absolute atomic E-state index is 0.167. The summed E-state index contributed by atoms with van der Waals surface area (Å²) in [5.74, 6) is -0.668. The fourth-order valence-electron chi connectivity index (χ4n) is 2.65. The molecule has 0 saturated carbocycles. The molecule has 0 aliphatic heterocycles. The lowest BCUT2D eigenvalue weighted by molar-refractivity contribution is -0.125.